The summed E-state index contributed by atoms with van der Waals surface area (Å²) in [5.74, 6) is 0.520. The zero-order valence-corrected chi connectivity index (χ0v) is 12.9. The Kier molecular flexibility index (Phi) is 4.75. The third-order valence-corrected chi connectivity index (χ3v) is 3.48. The van der Waals surface area contributed by atoms with Gasteiger partial charge in [0.15, 0.2) is 5.82 Å². The highest BCUT2D eigenvalue weighted by Crippen LogP contribution is 2.03. The van der Waals surface area contributed by atoms with Crippen molar-refractivity contribution in [2.45, 2.75) is 26.1 Å². The van der Waals surface area contributed by atoms with Gasteiger partial charge in [-0.05, 0) is 22.4 Å². The van der Waals surface area contributed by atoms with Gasteiger partial charge in [-0.25, -0.2) is 4.68 Å². The maximum absolute atomic E-state index is 11.9. The van der Waals surface area contributed by atoms with Crippen molar-refractivity contribution in [1.82, 2.24) is 40.3 Å². The van der Waals surface area contributed by atoms with E-state index in [2.05, 4.69) is 43.2 Å². The van der Waals surface area contributed by atoms with Crippen molar-refractivity contribution in [3.63, 3.8) is 0 Å². The van der Waals surface area contributed by atoms with E-state index in [9.17, 15) is 4.79 Å². The fourth-order valence-corrected chi connectivity index (χ4v) is 2.19. The summed E-state index contributed by atoms with van der Waals surface area (Å²) in [6.45, 7) is 0.967. The minimum atomic E-state index is -0.258. The number of benzene rings is 1. The Morgan fingerprint density at radius 2 is 2.04 bits per heavy atom. The molecule has 1 aromatic carbocycles. The van der Waals surface area contributed by atoms with Crippen LogP contribution in [0.5, 0.6) is 0 Å². The van der Waals surface area contributed by atoms with E-state index in [-0.39, 0.29) is 24.9 Å². The molecule has 0 unspecified atom stereocenters. The van der Waals surface area contributed by atoms with E-state index >= 15 is 0 Å². The van der Waals surface area contributed by atoms with Gasteiger partial charge in [0.05, 0.1) is 6.54 Å². The van der Waals surface area contributed by atoms with Crippen LogP contribution in [-0.4, -0.2) is 40.9 Å². The van der Waals surface area contributed by atoms with Gasteiger partial charge in [0.1, 0.15) is 12.9 Å². The molecular weight excluding hydrogens is 310 g/mol. The molecule has 0 bridgehead atoms. The number of anilines is 1. The number of rotatable bonds is 7. The molecule has 0 aliphatic rings. The molecule has 24 heavy (non-hydrogen) atoms. The van der Waals surface area contributed by atoms with Crippen molar-refractivity contribution < 1.29 is 4.79 Å². The zero-order chi connectivity index (χ0) is 16.8. The van der Waals surface area contributed by atoms with Crippen LogP contribution >= 0.6 is 0 Å². The highest BCUT2D eigenvalue weighted by Gasteiger charge is 2.10. The van der Waals surface area contributed by atoms with Gasteiger partial charge in [0.25, 0.3) is 0 Å². The SMILES string of the molecule is Nc1nnnn1CC(=O)NCc1nncn1CCc1ccccc1. The summed E-state index contributed by atoms with van der Waals surface area (Å²) >= 11 is 0. The predicted octanol–water partition coefficient (Wildman–Crippen LogP) is -0.594. The van der Waals surface area contributed by atoms with Crippen molar-refractivity contribution >= 4 is 11.9 Å². The maximum atomic E-state index is 11.9. The number of nitrogen functional groups attached to an aromatic ring is 1. The minimum absolute atomic E-state index is 0.0447. The summed E-state index contributed by atoms with van der Waals surface area (Å²) in [6, 6.07) is 10.1. The molecule has 0 saturated heterocycles. The van der Waals surface area contributed by atoms with E-state index < -0.39 is 0 Å². The van der Waals surface area contributed by atoms with Gasteiger partial charge in [0.2, 0.25) is 11.9 Å². The molecule has 3 rings (SSSR count). The van der Waals surface area contributed by atoms with Crippen LogP contribution in [0.1, 0.15) is 11.4 Å². The van der Waals surface area contributed by atoms with Gasteiger partial charge in [-0.15, -0.1) is 10.2 Å². The molecule has 1 amide bonds. The van der Waals surface area contributed by atoms with Crippen LogP contribution in [0.15, 0.2) is 36.7 Å². The lowest BCUT2D eigenvalue weighted by Crippen LogP contribution is -2.29. The number of aromatic nitrogens is 7. The quantitative estimate of drug-likeness (QED) is 0.593. The standard InChI is InChI=1S/C14H17N9O/c15-14-19-20-21-23(14)9-13(24)16-8-12-18-17-10-22(12)7-6-11-4-2-1-3-5-11/h1-5,10H,6-9H2,(H,16,24)(H2,15,19,21). The van der Waals surface area contributed by atoms with Crippen molar-refractivity contribution in [1.29, 1.82) is 0 Å². The highest BCUT2D eigenvalue weighted by atomic mass is 16.2. The Morgan fingerprint density at radius 3 is 2.79 bits per heavy atom. The molecule has 0 aliphatic carbocycles. The smallest absolute Gasteiger partial charge is 0.242 e. The number of aryl methyl sites for hydroxylation is 2. The first-order valence-electron chi connectivity index (χ1n) is 7.41. The van der Waals surface area contributed by atoms with E-state index in [1.54, 1.807) is 6.33 Å². The van der Waals surface area contributed by atoms with Gasteiger partial charge in [-0.3, -0.25) is 4.79 Å². The number of nitrogens with zero attached hydrogens (tertiary/aromatic N) is 7. The van der Waals surface area contributed by atoms with Gasteiger partial charge >= 0.3 is 0 Å². The average Bonchev–Trinajstić information content (AvgIpc) is 3.21. The first-order chi connectivity index (χ1) is 11.7. The molecule has 3 N–H and O–H groups in total. The van der Waals surface area contributed by atoms with E-state index in [1.807, 2.05) is 22.8 Å². The third-order valence-electron chi connectivity index (χ3n) is 3.48. The van der Waals surface area contributed by atoms with E-state index in [4.69, 9.17) is 5.73 Å². The summed E-state index contributed by atoms with van der Waals surface area (Å²) in [5.41, 5.74) is 6.75. The molecule has 0 spiro atoms. The highest BCUT2D eigenvalue weighted by molar-refractivity contribution is 5.75. The molecule has 124 valence electrons. The van der Waals surface area contributed by atoms with Crippen LogP contribution < -0.4 is 11.1 Å². The largest absolute Gasteiger partial charge is 0.367 e. The molecule has 3 aromatic rings. The predicted molar refractivity (Wildman–Crippen MR) is 84.2 cm³/mol. The summed E-state index contributed by atoms with van der Waals surface area (Å²) in [7, 11) is 0. The Hall–Kier alpha value is -3.30. The summed E-state index contributed by atoms with van der Waals surface area (Å²) in [4.78, 5) is 11.9. The normalized spacial score (nSPS) is 10.7. The first-order valence-corrected chi connectivity index (χ1v) is 7.41. The lowest BCUT2D eigenvalue weighted by atomic mass is 10.1. The lowest BCUT2D eigenvalue weighted by Gasteiger charge is -2.08. The van der Waals surface area contributed by atoms with Crippen LogP contribution in [0.2, 0.25) is 0 Å². The number of carbonyl (C=O) groups is 1. The van der Waals surface area contributed by atoms with Crippen LogP contribution in [0.3, 0.4) is 0 Å². The van der Waals surface area contributed by atoms with Crippen molar-refractivity contribution in [3.05, 3.63) is 48.0 Å². The van der Waals surface area contributed by atoms with Gasteiger partial charge < -0.3 is 15.6 Å². The number of hydrogen-bond acceptors (Lipinski definition) is 7. The van der Waals surface area contributed by atoms with Crippen LogP contribution in [-0.2, 0) is 30.8 Å². The molecule has 2 heterocycles. The summed E-state index contributed by atoms with van der Waals surface area (Å²) in [6.07, 6.45) is 2.52. The fraction of sp³-hybridized carbons (Fsp3) is 0.286. The zero-order valence-electron chi connectivity index (χ0n) is 12.9. The van der Waals surface area contributed by atoms with Crippen LogP contribution in [0.25, 0.3) is 0 Å². The van der Waals surface area contributed by atoms with Crippen molar-refractivity contribution in [2.24, 2.45) is 0 Å². The molecule has 0 saturated carbocycles. The van der Waals surface area contributed by atoms with Crippen LogP contribution in [0.4, 0.5) is 5.95 Å². The Balaban J connectivity index is 1.52. The second kappa shape index (κ2) is 7.31. The van der Waals surface area contributed by atoms with Crippen molar-refractivity contribution in [2.75, 3.05) is 5.73 Å². The topological polar surface area (TPSA) is 129 Å². The number of amides is 1. The van der Waals surface area contributed by atoms with E-state index in [0.717, 1.165) is 13.0 Å². The van der Waals surface area contributed by atoms with Gasteiger partial charge in [0, 0.05) is 6.54 Å². The first kappa shape index (κ1) is 15.6. The monoisotopic (exact) mass is 327 g/mol. The molecule has 0 atom stereocenters. The Bertz CT molecular complexity index is 795. The van der Waals surface area contributed by atoms with Crippen molar-refractivity contribution in [3.8, 4) is 0 Å². The van der Waals surface area contributed by atoms with Gasteiger partial charge in [-0.2, -0.15) is 0 Å². The maximum Gasteiger partial charge on any atom is 0.242 e. The Labute approximate surface area is 137 Å². The lowest BCUT2D eigenvalue weighted by molar-refractivity contribution is -0.122. The second-order valence-corrected chi connectivity index (χ2v) is 5.15. The van der Waals surface area contributed by atoms with E-state index in [1.165, 1.54) is 10.2 Å². The van der Waals surface area contributed by atoms with E-state index in [0.29, 0.717) is 5.82 Å². The number of hydrogen-bond donors (Lipinski definition) is 2. The molecule has 0 fully saturated rings. The molecular formula is C14H17N9O. The van der Waals surface area contributed by atoms with Crippen LogP contribution in [0, 0.1) is 0 Å². The Morgan fingerprint density at radius 1 is 1.21 bits per heavy atom. The summed E-state index contributed by atoms with van der Waals surface area (Å²) in [5, 5.41) is 21.2. The molecule has 10 nitrogen and oxygen atoms in total. The second-order valence-electron chi connectivity index (χ2n) is 5.15. The molecule has 0 aliphatic heterocycles. The fourth-order valence-electron chi connectivity index (χ4n) is 2.19. The summed E-state index contributed by atoms with van der Waals surface area (Å²) < 4.78 is 3.13. The molecule has 2 aromatic heterocycles. The third kappa shape index (κ3) is 3.91. The van der Waals surface area contributed by atoms with Gasteiger partial charge in [-0.1, -0.05) is 35.4 Å². The number of carbonyl (C=O) groups excluding carboxylic acids is 1. The number of nitrogens with one attached hydrogen (secondary N) is 1. The number of nitrogens with two attached hydrogens (primary N) is 1. The number of tetrazole rings is 1. The molecule has 10 heteroatoms. The average molecular weight is 327 g/mol. The minimum Gasteiger partial charge on any atom is -0.367 e. The molecule has 0 radical (unpaired) electrons.